The molecule has 2 heterocycles. The number of carbonyl (C=O) groups is 1. The number of hydrogen-bond acceptors (Lipinski definition) is 5. The lowest BCUT2D eigenvalue weighted by Gasteiger charge is -2.37. The molecule has 0 amide bonds. The monoisotopic (exact) mass is 428 g/mol. The third-order valence-electron chi connectivity index (χ3n) is 5.33. The van der Waals surface area contributed by atoms with Crippen molar-refractivity contribution in [3.8, 4) is 16.2 Å². The lowest BCUT2D eigenvalue weighted by Crippen LogP contribution is -2.50. The fraction of sp³-hybridized carbons (Fsp3) is 0.391. The molecule has 0 unspecified atom stereocenters. The summed E-state index contributed by atoms with van der Waals surface area (Å²) in [6, 6.07) is 5.03. The summed E-state index contributed by atoms with van der Waals surface area (Å²) < 4.78 is 19.8. The third-order valence-corrected chi connectivity index (χ3v) is 6.45. The van der Waals surface area contributed by atoms with Crippen LogP contribution in [-0.4, -0.2) is 46.7 Å². The predicted molar refractivity (Wildman–Crippen MR) is 116 cm³/mol. The molecule has 0 radical (unpaired) electrons. The highest BCUT2D eigenvalue weighted by atomic mass is 32.1. The van der Waals surface area contributed by atoms with Gasteiger partial charge >= 0.3 is 5.97 Å². The van der Waals surface area contributed by atoms with Gasteiger partial charge in [-0.05, 0) is 56.0 Å². The predicted octanol–water partition coefficient (Wildman–Crippen LogP) is 4.86. The van der Waals surface area contributed by atoms with Gasteiger partial charge in [0, 0.05) is 25.8 Å². The van der Waals surface area contributed by atoms with E-state index in [9.17, 15) is 9.18 Å². The Morgan fingerprint density at radius 3 is 2.77 bits per heavy atom. The van der Waals surface area contributed by atoms with Crippen LogP contribution >= 0.6 is 11.3 Å². The number of benzene rings is 1. The number of thiazole rings is 1. The molecular weight excluding hydrogens is 403 g/mol. The van der Waals surface area contributed by atoms with Crippen molar-refractivity contribution in [3.05, 3.63) is 52.9 Å². The highest BCUT2D eigenvalue weighted by Crippen LogP contribution is 2.35. The van der Waals surface area contributed by atoms with Gasteiger partial charge in [0.2, 0.25) is 0 Å². The molecule has 2 aliphatic rings. The second-order valence-corrected chi connectivity index (χ2v) is 9.12. The number of ether oxygens (including phenoxy) is 1. The molecule has 0 spiro atoms. The fourth-order valence-corrected chi connectivity index (χ4v) is 4.66. The Morgan fingerprint density at radius 2 is 2.13 bits per heavy atom. The Hall–Kier alpha value is -2.51. The second-order valence-electron chi connectivity index (χ2n) is 8.09. The Kier molecular flexibility index (Phi) is 6.01. The van der Waals surface area contributed by atoms with E-state index in [1.54, 1.807) is 23.6 Å². The first-order valence-corrected chi connectivity index (χ1v) is 11.0. The molecule has 0 bridgehead atoms. The van der Waals surface area contributed by atoms with Crippen molar-refractivity contribution in [2.75, 3.05) is 19.6 Å². The molecule has 1 aliphatic heterocycles. The number of halogens is 1. The fourth-order valence-electron chi connectivity index (χ4n) is 3.69. The Bertz CT molecular complexity index is 1010. The number of allylic oxidation sites excluding steroid dienone is 3. The number of nitrogens with zero attached hydrogens (tertiary/aromatic N) is 2. The van der Waals surface area contributed by atoms with Gasteiger partial charge in [0.05, 0.1) is 16.9 Å². The number of rotatable bonds is 7. The van der Waals surface area contributed by atoms with Crippen LogP contribution in [0.2, 0.25) is 0 Å². The normalized spacial score (nSPS) is 17.5. The minimum absolute atomic E-state index is 0.0729. The van der Waals surface area contributed by atoms with Crippen molar-refractivity contribution in [3.63, 3.8) is 0 Å². The molecule has 1 aromatic heterocycles. The van der Waals surface area contributed by atoms with E-state index in [0.29, 0.717) is 13.1 Å². The van der Waals surface area contributed by atoms with E-state index in [1.807, 2.05) is 19.9 Å². The van der Waals surface area contributed by atoms with E-state index in [4.69, 9.17) is 9.84 Å². The topological polar surface area (TPSA) is 62.7 Å². The first-order chi connectivity index (χ1) is 14.4. The smallest absolute Gasteiger partial charge is 0.309 e. The van der Waals surface area contributed by atoms with Crippen molar-refractivity contribution in [1.82, 2.24) is 9.88 Å². The summed E-state index contributed by atoms with van der Waals surface area (Å²) in [6.07, 6.45) is 7.82. The number of carboxylic acids is 1. The number of hydrogen-bond donors (Lipinski definition) is 1. The Labute approximate surface area is 179 Å². The standard InChI is InChI=1S/C23H25FN2O3S/c1-14(2)29-20-8-7-17(9-19(20)24)21-10-25-22(30-21)16-5-3-15(4-6-16)11-26-12-18(13-26)23(27)28/h3,5,7-10,14,18H,4,6,11-13H2,1-2H3,(H,27,28). The quantitative estimate of drug-likeness (QED) is 0.683. The van der Waals surface area contributed by atoms with Gasteiger partial charge in [-0.2, -0.15) is 0 Å². The molecule has 2 aromatic rings. The SMILES string of the molecule is CC(C)Oc1ccc(-c2cnc(C3=CC=C(CN4CC(C(=O)O)C4)CC3)s2)cc1F. The molecular formula is C23H25FN2O3S. The molecule has 30 heavy (non-hydrogen) atoms. The van der Waals surface area contributed by atoms with E-state index < -0.39 is 5.97 Å². The first-order valence-electron chi connectivity index (χ1n) is 10.2. The average molecular weight is 429 g/mol. The van der Waals surface area contributed by atoms with Gasteiger partial charge in [-0.25, -0.2) is 9.37 Å². The summed E-state index contributed by atoms with van der Waals surface area (Å²) in [5.74, 6) is -1.02. The van der Waals surface area contributed by atoms with E-state index in [0.717, 1.165) is 34.8 Å². The van der Waals surface area contributed by atoms with Crippen LogP contribution in [0.5, 0.6) is 5.75 Å². The largest absolute Gasteiger partial charge is 0.488 e. The van der Waals surface area contributed by atoms with Gasteiger partial charge in [-0.3, -0.25) is 9.69 Å². The highest BCUT2D eigenvalue weighted by molar-refractivity contribution is 7.16. The van der Waals surface area contributed by atoms with Crippen molar-refractivity contribution in [1.29, 1.82) is 0 Å². The lowest BCUT2D eigenvalue weighted by atomic mass is 9.95. The zero-order valence-corrected chi connectivity index (χ0v) is 17.9. The van der Waals surface area contributed by atoms with E-state index >= 15 is 0 Å². The molecule has 0 saturated carbocycles. The van der Waals surface area contributed by atoms with Gasteiger partial charge in [-0.1, -0.05) is 17.7 Å². The Morgan fingerprint density at radius 1 is 1.33 bits per heavy atom. The van der Waals surface area contributed by atoms with Gasteiger partial charge in [0.1, 0.15) is 5.01 Å². The lowest BCUT2D eigenvalue weighted by molar-refractivity contribution is -0.147. The number of likely N-dealkylation sites (tertiary alicyclic amines) is 1. The van der Waals surface area contributed by atoms with Crippen LogP contribution in [0.25, 0.3) is 16.0 Å². The molecule has 5 nitrogen and oxygen atoms in total. The summed E-state index contributed by atoms with van der Waals surface area (Å²) in [5.41, 5.74) is 3.30. The van der Waals surface area contributed by atoms with Crippen LogP contribution in [0.15, 0.2) is 42.1 Å². The molecule has 1 aromatic carbocycles. The summed E-state index contributed by atoms with van der Waals surface area (Å²) >= 11 is 1.56. The van der Waals surface area contributed by atoms with Crippen molar-refractivity contribution >= 4 is 22.9 Å². The van der Waals surface area contributed by atoms with Crippen LogP contribution < -0.4 is 4.74 Å². The third kappa shape index (κ3) is 4.63. The zero-order chi connectivity index (χ0) is 21.3. The van der Waals surface area contributed by atoms with Crippen LogP contribution in [0, 0.1) is 11.7 Å². The summed E-state index contributed by atoms with van der Waals surface area (Å²) in [7, 11) is 0. The average Bonchev–Trinajstić information content (AvgIpc) is 3.16. The van der Waals surface area contributed by atoms with Crippen molar-refractivity contribution < 1.29 is 19.0 Å². The maximum absolute atomic E-state index is 14.3. The maximum atomic E-state index is 14.3. The highest BCUT2D eigenvalue weighted by Gasteiger charge is 2.32. The van der Waals surface area contributed by atoms with Crippen LogP contribution in [0.3, 0.4) is 0 Å². The molecule has 4 rings (SSSR count). The summed E-state index contributed by atoms with van der Waals surface area (Å²) in [6.45, 7) is 5.85. The molecule has 1 aliphatic carbocycles. The second kappa shape index (κ2) is 8.70. The van der Waals surface area contributed by atoms with Crippen molar-refractivity contribution in [2.24, 2.45) is 5.92 Å². The minimum Gasteiger partial charge on any atom is -0.488 e. The zero-order valence-electron chi connectivity index (χ0n) is 17.1. The van der Waals surface area contributed by atoms with E-state index in [2.05, 4.69) is 22.0 Å². The van der Waals surface area contributed by atoms with E-state index in [1.165, 1.54) is 17.2 Å². The minimum atomic E-state index is -0.701. The van der Waals surface area contributed by atoms with Gasteiger partial charge < -0.3 is 9.84 Å². The van der Waals surface area contributed by atoms with Gasteiger partial charge in [0.15, 0.2) is 11.6 Å². The maximum Gasteiger partial charge on any atom is 0.309 e. The van der Waals surface area contributed by atoms with Crippen LogP contribution in [0.4, 0.5) is 4.39 Å². The number of carboxylic acid groups (broad SMARTS) is 1. The molecule has 7 heteroatoms. The first kappa shape index (κ1) is 20.8. The van der Waals surface area contributed by atoms with Crippen LogP contribution in [0.1, 0.15) is 31.7 Å². The Balaban J connectivity index is 1.41. The molecule has 0 atom stereocenters. The molecule has 1 saturated heterocycles. The van der Waals surface area contributed by atoms with Crippen molar-refractivity contribution in [2.45, 2.75) is 32.8 Å². The number of aromatic nitrogens is 1. The van der Waals surface area contributed by atoms with Gasteiger partial charge in [0.25, 0.3) is 0 Å². The van der Waals surface area contributed by atoms with Crippen LogP contribution in [-0.2, 0) is 4.79 Å². The molecule has 1 fully saturated rings. The summed E-state index contributed by atoms with van der Waals surface area (Å²) in [5, 5.41) is 9.94. The van der Waals surface area contributed by atoms with E-state index in [-0.39, 0.29) is 23.6 Å². The summed E-state index contributed by atoms with van der Waals surface area (Å²) in [4.78, 5) is 18.6. The molecule has 1 N–H and O–H groups in total. The molecule has 158 valence electrons. The van der Waals surface area contributed by atoms with Gasteiger partial charge in [-0.15, -0.1) is 11.3 Å². The number of aliphatic carboxylic acids is 1.